The predicted octanol–water partition coefficient (Wildman–Crippen LogP) is 1.30. The quantitative estimate of drug-likeness (QED) is 0.768. The lowest BCUT2D eigenvalue weighted by Crippen LogP contribution is -2.34. The Balaban J connectivity index is 1.61. The Morgan fingerprint density at radius 2 is 2.24 bits per heavy atom. The maximum atomic E-state index is 13.4. The fourth-order valence-electron chi connectivity index (χ4n) is 2.63. The first kappa shape index (κ1) is 18.0. The van der Waals surface area contributed by atoms with Crippen LogP contribution in [-0.4, -0.2) is 33.5 Å². The number of aliphatic hydroxyl groups excluding tert-OH is 1. The van der Waals surface area contributed by atoms with Crippen molar-refractivity contribution in [2.75, 3.05) is 6.61 Å². The molecule has 2 aromatic rings. The van der Waals surface area contributed by atoms with Crippen molar-refractivity contribution < 1.29 is 19.0 Å². The SMILES string of the molecule is O=c1[nH]c(=O)n([C@@H]2CC(O)[C@H](COCc3cccc(Br)c3)O2)cc1F. The van der Waals surface area contributed by atoms with Crippen LogP contribution < -0.4 is 11.2 Å². The topological polar surface area (TPSA) is 93.6 Å². The second-order valence-electron chi connectivity index (χ2n) is 5.72. The molecule has 1 aromatic heterocycles. The average molecular weight is 415 g/mol. The summed E-state index contributed by atoms with van der Waals surface area (Å²) < 4.78 is 26.4. The van der Waals surface area contributed by atoms with Gasteiger partial charge in [-0.1, -0.05) is 28.1 Å². The number of aliphatic hydroxyl groups is 1. The van der Waals surface area contributed by atoms with Crippen LogP contribution in [0.5, 0.6) is 0 Å². The summed E-state index contributed by atoms with van der Waals surface area (Å²) in [4.78, 5) is 24.7. The summed E-state index contributed by atoms with van der Waals surface area (Å²) >= 11 is 3.37. The van der Waals surface area contributed by atoms with Gasteiger partial charge in [0.25, 0.3) is 5.56 Å². The van der Waals surface area contributed by atoms with E-state index in [2.05, 4.69) is 15.9 Å². The summed E-state index contributed by atoms with van der Waals surface area (Å²) in [5, 5.41) is 10.1. The van der Waals surface area contributed by atoms with Crippen LogP contribution in [0.15, 0.2) is 44.5 Å². The molecule has 0 bridgehead atoms. The predicted molar refractivity (Wildman–Crippen MR) is 89.6 cm³/mol. The number of ether oxygens (including phenoxy) is 2. The smallest absolute Gasteiger partial charge is 0.330 e. The van der Waals surface area contributed by atoms with Crippen LogP contribution in [0.2, 0.25) is 0 Å². The van der Waals surface area contributed by atoms with Gasteiger partial charge in [-0.3, -0.25) is 14.3 Å². The molecular weight excluding hydrogens is 399 g/mol. The highest BCUT2D eigenvalue weighted by Crippen LogP contribution is 2.28. The van der Waals surface area contributed by atoms with Crippen LogP contribution in [0.3, 0.4) is 0 Å². The van der Waals surface area contributed by atoms with Crippen molar-refractivity contribution in [3.8, 4) is 0 Å². The molecule has 1 aliphatic heterocycles. The maximum absolute atomic E-state index is 13.4. The van der Waals surface area contributed by atoms with Gasteiger partial charge in [-0.15, -0.1) is 0 Å². The molecule has 0 saturated carbocycles. The molecule has 1 fully saturated rings. The van der Waals surface area contributed by atoms with E-state index < -0.39 is 35.5 Å². The fraction of sp³-hybridized carbons (Fsp3) is 0.375. The third kappa shape index (κ3) is 4.24. The number of H-pyrrole nitrogens is 1. The van der Waals surface area contributed by atoms with E-state index in [0.717, 1.165) is 20.8 Å². The summed E-state index contributed by atoms with van der Waals surface area (Å²) in [5.41, 5.74) is -0.926. The van der Waals surface area contributed by atoms with Gasteiger partial charge in [0.1, 0.15) is 12.3 Å². The molecule has 134 valence electrons. The van der Waals surface area contributed by atoms with E-state index in [1.165, 1.54) is 0 Å². The number of benzene rings is 1. The standard InChI is InChI=1S/C16H16BrFN2O5/c17-10-3-1-2-9(4-10)7-24-8-13-12(21)5-14(25-13)20-6-11(18)15(22)19-16(20)23/h1-4,6,12-14,21H,5,7-8H2,(H,19,22,23)/t12?,13-,14-/m0/s1. The van der Waals surface area contributed by atoms with Crippen LogP contribution in [0.4, 0.5) is 4.39 Å². The van der Waals surface area contributed by atoms with Gasteiger partial charge in [-0.25, -0.2) is 4.79 Å². The van der Waals surface area contributed by atoms with Crippen molar-refractivity contribution in [3.05, 3.63) is 67.2 Å². The molecule has 3 atom stereocenters. The monoisotopic (exact) mass is 414 g/mol. The van der Waals surface area contributed by atoms with Crippen LogP contribution in [0.1, 0.15) is 18.2 Å². The average Bonchev–Trinajstić information content (AvgIpc) is 2.92. The van der Waals surface area contributed by atoms with E-state index in [0.29, 0.717) is 6.61 Å². The van der Waals surface area contributed by atoms with Crippen LogP contribution >= 0.6 is 15.9 Å². The van der Waals surface area contributed by atoms with E-state index in [9.17, 15) is 19.1 Å². The van der Waals surface area contributed by atoms with Gasteiger partial charge in [0, 0.05) is 10.9 Å². The van der Waals surface area contributed by atoms with E-state index in [-0.39, 0.29) is 13.0 Å². The molecule has 0 spiro atoms. The van der Waals surface area contributed by atoms with Gasteiger partial charge in [-0.2, -0.15) is 4.39 Å². The highest BCUT2D eigenvalue weighted by Gasteiger charge is 2.35. The number of halogens is 2. The van der Waals surface area contributed by atoms with Crippen LogP contribution in [0.25, 0.3) is 0 Å². The summed E-state index contributed by atoms with van der Waals surface area (Å²) in [5.74, 6) is -1.09. The molecule has 2 N–H and O–H groups in total. The van der Waals surface area contributed by atoms with Gasteiger partial charge in [0.15, 0.2) is 0 Å². The van der Waals surface area contributed by atoms with Gasteiger partial charge in [0.2, 0.25) is 5.82 Å². The van der Waals surface area contributed by atoms with Crippen LogP contribution in [-0.2, 0) is 16.1 Å². The van der Waals surface area contributed by atoms with Crippen molar-refractivity contribution in [2.45, 2.75) is 31.5 Å². The molecule has 1 saturated heterocycles. The van der Waals surface area contributed by atoms with E-state index in [1.807, 2.05) is 29.2 Å². The Morgan fingerprint density at radius 1 is 1.44 bits per heavy atom. The third-order valence-corrected chi connectivity index (χ3v) is 4.37. The van der Waals surface area contributed by atoms with Crippen LogP contribution in [0, 0.1) is 5.82 Å². The lowest BCUT2D eigenvalue weighted by atomic mass is 10.2. The lowest BCUT2D eigenvalue weighted by molar-refractivity contribution is -0.0669. The zero-order valence-corrected chi connectivity index (χ0v) is 14.6. The second kappa shape index (κ2) is 7.61. The summed E-state index contributed by atoms with van der Waals surface area (Å²) in [6.07, 6.45) is -1.51. The van der Waals surface area contributed by atoms with Gasteiger partial charge < -0.3 is 14.6 Å². The van der Waals surface area contributed by atoms with Gasteiger partial charge in [0.05, 0.1) is 25.5 Å². The molecule has 2 heterocycles. The Morgan fingerprint density at radius 3 is 3.00 bits per heavy atom. The Labute approximate surface area is 150 Å². The zero-order chi connectivity index (χ0) is 18.0. The second-order valence-corrected chi connectivity index (χ2v) is 6.64. The number of hydrogen-bond donors (Lipinski definition) is 2. The minimum absolute atomic E-state index is 0.0936. The molecule has 25 heavy (non-hydrogen) atoms. The zero-order valence-electron chi connectivity index (χ0n) is 13.0. The number of rotatable bonds is 5. The molecule has 7 nitrogen and oxygen atoms in total. The summed E-state index contributed by atoms with van der Waals surface area (Å²) in [6, 6.07) is 7.61. The van der Waals surface area contributed by atoms with Crippen molar-refractivity contribution in [3.63, 3.8) is 0 Å². The molecular formula is C16H16BrFN2O5. The molecule has 0 amide bonds. The Bertz CT molecular complexity index is 868. The molecule has 1 unspecified atom stereocenters. The van der Waals surface area contributed by atoms with Gasteiger partial charge in [-0.05, 0) is 17.7 Å². The maximum Gasteiger partial charge on any atom is 0.330 e. The van der Waals surface area contributed by atoms with Gasteiger partial charge >= 0.3 is 5.69 Å². The molecule has 1 aromatic carbocycles. The highest BCUT2D eigenvalue weighted by atomic mass is 79.9. The largest absolute Gasteiger partial charge is 0.390 e. The Hall–Kier alpha value is -1.81. The number of hydrogen-bond acceptors (Lipinski definition) is 5. The number of nitrogens with one attached hydrogen (secondary N) is 1. The molecule has 1 aliphatic rings. The van der Waals surface area contributed by atoms with E-state index in [4.69, 9.17) is 9.47 Å². The first-order chi connectivity index (χ1) is 11.9. The molecule has 0 aliphatic carbocycles. The first-order valence-corrected chi connectivity index (χ1v) is 8.40. The lowest BCUT2D eigenvalue weighted by Gasteiger charge is -2.16. The van der Waals surface area contributed by atoms with E-state index in [1.54, 1.807) is 0 Å². The number of aromatic nitrogens is 2. The number of nitrogens with zero attached hydrogens (tertiary/aromatic N) is 1. The fourth-order valence-corrected chi connectivity index (χ4v) is 3.08. The Kier molecular flexibility index (Phi) is 5.48. The molecule has 9 heteroatoms. The molecule has 3 rings (SSSR count). The van der Waals surface area contributed by atoms with Crippen molar-refractivity contribution in [1.82, 2.24) is 9.55 Å². The van der Waals surface area contributed by atoms with E-state index >= 15 is 0 Å². The van der Waals surface area contributed by atoms with Crippen molar-refractivity contribution in [2.24, 2.45) is 0 Å². The summed E-state index contributed by atoms with van der Waals surface area (Å²) in [6.45, 7) is 0.453. The first-order valence-electron chi connectivity index (χ1n) is 7.60. The van der Waals surface area contributed by atoms with Crippen molar-refractivity contribution in [1.29, 1.82) is 0 Å². The number of aromatic amines is 1. The minimum Gasteiger partial charge on any atom is -0.390 e. The van der Waals surface area contributed by atoms with Crippen molar-refractivity contribution >= 4 is 15.9 Å². The normalized spacial score (nSPS) is 23.1. The summed E-state index contributed by atoms with van der Waals surface area (Å²) in [7, 11) is 0. The minimum atomic E-state index is -1.09. The molecule has 0 radical (unpaired) electrons. The highest BCUT2D eigenvalue weighted by molar-refractivity contribution is 9.10. The third-order valence-electron chi connectivity index (χ3n) is 3.88.